The van der Waals surface area contributed by atoms with E-state index in [0.29, 0.717) is 10.8 Å². The smallest absolute Gasteiger partial charge is 0.0775 e. The van der Waals surface area contributed by atoms with Gasteiger partial charge in [-0.3, -0.25) is 0 Å². The van der Waals surface area contributed by atoms with E-state index in [1.54, 1.807) is 34.5 Å². The molecule has 4 bridgehead atoms. The molecule has 6 aromatic rings. The van der Waals surface area contributed by atoms with E-state index in [-0.39, 0.29) is 30.2 Å². The van der Waals surface area contributed by atoms with Crippen LogP contribution in [-0.4, -0.2) is 21.6 Å². The van der Waals surface area contributed by atoms with Crippen molar-refractivity contribution in [1.82, 2.24) is 0 Å². The van der Waals surface area contributed by atoms with Gasteiger partial charge in [0.1, 0.15) is 0 Å². The van der Waals surface area contributed by atoms with Gasteiger partial charge in [-0.2, -0.15) is 12.1 Å². The number of halogens is 2. The first kappa shape index (κ1) is 49.6. The predicted octanol–water partition coefficient (Wildman–Crippen LogP) is 9.36. The molecule has 10 rings (SSSR count). The Morgan fingerprint density at radius 1 is 0.581 bits per heavy atom. The first-order valence-corrected chi connectivity index (χ1v) is 36.6. The molecule has 0 spiro atoms. The second-order valence-corrected chi connectivity index (χ2v) is 40.7. The Hall–Kier alpha value is -1.79. The fourth-order valence-electron chi connectivity index (χ4n) is 12.0. The van der Waals surface area contributed by atoms with Crippen molar-refractivity contribution in [2.45, 2.75) is 142 Å². The Morgan fingerprint density at radius 2 is 0.952 bits per heavy atom. The Morgan fingerprint density at radius 3 is 1.23 bits per heavy atom. The van der Waals surface area contributed by atoms with Gasteiger partial charge in [-0.1, -0.05) is 121 Å². The number of benzene rings is 4. The largest absolute Gasteiger partial charge is 1.00 e. The number of hydrogen-bond donors (Lipinski definition) is 0. The van der Waals surface area contributed by atoms with Gasteiger partial charge in [0.15, 0.2) is 0 Å². The van der Waals surface area contributed by atoms with E-state index in [4.69, 9.17) is 0 Å². The predicted molar refractivity (Wildman–Crippen MR) is 268 cm³/mol. The molecule has 0 nitrogen and oxygen atoms in total. The zero-order valence-corrected chi connectivity index (χ0v) is 46.2. The van der Waals surface area contributed by atoms with Gasteiger partial charge in [0.05, 0.1) is 16.1 Å². The molecule has 62 heavy (non-hydrogen) atoms. The van der Waals surface area contributed by atoms with E-state index in [2.05, 4.69) is 162 Å². The molecule has 328 valence electrons. The van der Waals surface area contributed by atoms with Crippen molar-refractivity contribution >= 4 is 53.5 Å². The maximum absolute atomic E-state index is 2.50. The third-order valence-corrected chi connectivity index (χ3v) is 22.5. The fourth-order valence-corrected chi connectivity index (χ4v) is 16.9. The molecule has 0 N–H and O–H groups in total. The number of rotatable bonds is 10. The van der Waals surface area contributed by atoms with Gasteiger partial charge < -0.3 is 24.8 Å². The summed E-state index contributed by atoms with van der Waals surface area (Å²) >= 11 is 1.79. The topological polar surface area (TPSA) is 0 Å². The van der Waals surface area contributed by atoms with Crippen molar-refractivity contribution in [3.63, 3.8) is 0 Å². The van der Waals surface area contributed by atoms with Crippen molar-refractivity contribution < 1.29 is 48.1 Å². The van der Waals surface area contributed by atoms with E-state index >= 15 is 0 Å². The van der Waals surface area contributed by atoms with Gasteiger partial charge in [-0.25, -0.2) is 0 Å². The van der Waals surface area contributed by atoms with Crippen LogP contribution in [0.5, 0.6) is 0 Å². The van der Waals surface area contributed by atoms with E-state index in [1.807, 2.05) is 0 Å². The summed E-state index contributed by atoms with van der Waals surface area (Å²) in [5.74, 6) is 2.07. The van der Waals surface area contributed by atoms with E-state index in [1.165, 1.54) is 144 Å². The average molecular weight is 992 g/mol. The summed E-state index contributed by atoms with van der Waals surface area (Å²) in [6.45, 7) is 19.2. The van der Waals surface area contributed by atoms with Gasteiger partial charge in [0.25, 0.3) is 0 Å². The summed E-state index contributed by atoms with van der Waals surface area (Å²) in [5.41, 5.74) is 10.1. The van der Waals surface area contributed by atoms with Crippen LogP contribution in [0.15, 0.2) is 109 Å². The van der Waals surface area contributed by atoms with Crippen molar-refractivity contribution in [2.75, 3.05) is 0 Å². The van der Waals surface area contributed by atoms with Crippen LogP contribution in [0.1, 0.15) is 88.7 Å². The van der Waals surface area contributed by atoms with Crippen LogP contribution in [0.2, 0.25) is 51.9 Å². The summed E-state index contributed by atoms with van der Waals surface area (Å²) in [6, 6.07) is 43.9. The summed E-state index contributed by atoms with van der Waals surface area (Å²) in [7, 11) is -2.47. The average Bonchev–Trinajstić information content (AvgIpc) is 4.08. The quantitative estimate of drug-likeness (QED) is 0.0950. The molecule has 6 heteroatoms. The minimum atomic E-state index is -1.24. The molecule has 4 aliphatic rings. The summed E-state index contributed by atoms with van der Waals surface area (Å²) in [5, 5.41) is 8.80. The summed E-state index contributed by atoms with van der Waals surface area (Å²) in [4.78, 5) is 0. The maximum atomic E-state index is 2.50. The molecule has 0 aromatic heterocycles. The third-order valence-electron chi connectivity index (χ3n) is 15.3. The SMILES string of the molecule is CCC[Si](C)=[Zr+2].C[Si](C)(C)c1ccc(-c2cccc3[cH-]c(CC45CCC(CC4)C5)cc23)cc1.C[Si](C)(C)c1ccc(-c2cccc3[cH-]c(CC45CCC(CC4)C5)cc23)cc1.[Cl-].[Cl-]. The second kappa shape index (κ2) is 20.4. The van der Waals surface area contributed by atoms with Gasteiger partial charge in [-0.05, 0) is 111 Å². The van der Waals surface area contributed by atoms with Crippen LogP contribution < -0.4 is 35.2 Å². The Labute approximate surface area is 405 Å². The second-order valence-electron chi connectivity index (χ2n) is 22.2. The van der Waals surface area contributed by atoms with Gasteiger partial charge in [0.2, 0.25) is 0 Å². The minimum absolute atomic E-state index is 0. The molecule has 0 unspecified atom stereocenters. The molecule has 4 saturated carbocycles. The third kappa shape index (κ3) is 11.4. The normalized spacial score (nSPS) is 22.4. The van der Waals surface area contributed by atoms with Crippen molar-refractivity contribution in [3.05, 3.63) is 120 Å². The molecular weight excluding hydrogens is 919 g/mol. The fraction of sp³-hybridized carbons (Fsp3) is 0.464. The molecular formula is C56H72Cl2Si3Zr-2. The van der Waals surface area contributed by atoms with Crippen LogP contribution >= 0.6 is 0 Å². The zero-order chi connectivity index (χ0) is 42.3. The molecule has 0 saturated heterocycles. The van der Waals surface area contributed by atoms with Crippen molar-refractivity contribution in [2.24, 2.45) is 22.7 Å². The minimum Gasteiger partial charge on any atom is -1.00 e. The molecule has 0 radical (unpaired) electrons. The molecule has 0 heterocycles. The van der Waals surface area contributed by atoms with Crippen molar-refractivity contribution in [3.8, 4) is 22.3 Å². The first-order valence-electron chi connectivity index (χ1n) is 23.7. The van der Waals surface area contributed by atoms with Gasteiger partial charge in [0, 0.05) is 0 Å². The monoisotopic (exact) mass is 988 g/mol. The zero-order valence-electron chi connectivity index (χ0n) is 39.2. The molecule has 0 aliphatic heterocycles. The van der Waals surface area contributed by atoms with Crippen LogP contribution in [0.4, 0.5) is 0 Å². The van der Waals surface area contributed by atoms with E-state index in [9.17, 15) is 0 Å². The van der Waals surface area contributed by atoms with E-state index in [0.717, 1.165) is 11.8 Å². The van der Waals surface area contributed by atoms with E-state index < -0.39 is 16.1 Å². The van der Waals surface area contributed by atoms with Crippen LogP contribution in [0.25, 0.3) is 43.8 Å². The summed E-state index contributed by atoms with van der Waals surface area (Å²) < 4.78 is 0. The van der Waals surface area contributed by atoms with Crippen LogP contribution in [-0.2, 0) is 36.2 Å². The van der Waals surface area contributed by atoms with Gasteiger partial charge >= 0.3 is 54.7 Å². The molecule has 0 amide bonds. The van der Waals surface area contributed by atoms with Crippen LogP contribution in [0, 0.1) is 22.7 Å². The molecule has 4 aliphatic carbocycles. The Kier molecular flexibility index (Phi) is 16.3. The molecule has 4 fully saturated rings. The number of hydrogen-bond acceptors (Lipinski definition) is 0. The van der Waals surface area contributed by atoms with Gasteiger partial charge in [-0.15, -0.1) is 69.1 Å². The maximum Gasteiger partial charge on any atom is 0.0775 e. The number of fused-ring (bicyclic) bond motifs is 6. The molecule has 0 atom stereocenters. The standard InChI is InChI=1S/2C26H31Si.C4H10Si.2ClH.Zr/c2*1-27(2,3)23-9-7-21(8-10-23)24-6-4-5-22-15-20(16-25(22)24)18-26-13-11-19(17-26)12-14-26;1-3-4-5-2;;;/h2*4-10,15-16,19H,11-14,17-18H2,1-3H3;3-4H2,1-2H3;2*1H;/q2*-1;;;;+2/p-2. The Balaban J connectivity index is 0.000000178. The van der Waals surface area contributed by atoms with Crippen molar-refractivity contribution in [1.29, 1.82) is 0 Å². The first-order chi connectivity index (χ1) is 28.6. The molecule has 6 aromatic carbocycles. The Bertz CT molecular complexity index is 2240. The van der Waals surface area contributed by atoms with Crippen LogP contribution in [0.3, 0.4) is 0 Å². The summed E-state index contributed by atoms with van der Waals surface area (Å²) in [6.07, 6.45) is 18.7.